The normalized spacial score (nSPS) is 20.6. The Bertz CT molecular complexity index is 1760. The van der Waals surface area contributed by atoms with Crippen molar-refractivity contribution in [3.05, 3.63) is 138 Å². The minimum absolute atomic E-state index is 0. The quantitative estimate of drug-likeness (QED) is 0.209. The molecule has 2 heteroatoms. The second-order valence-electron chi connectivity index (χ2n) is 12.5. The van der Waals surface area contributed by atoms with Crippen LogP contribution in [-0.4, -0.2) is 4.98 Å². The number of rotatable bonds is 7. The second kappa shape index (κ2) is 10.0. The van der Waals surface area contributed by atoms with E-state index >= 15 is 0 Å². The summed E-state index contributed by atoms with van der Waals surface area (Å²) in [7, 11) is 0. The maximum absolute atomic E-state index is 5.46. The minimum atomic E-state index is -0.0514. The van der Waals surface area contributed by atoms with E-state index in [9.17, 15) is 0 Å². The minimum Gasteiger partial charge on any atom is -0.375 e. The molecule has 0 amide bonds. The molecule has 3 unspecified atom stereocenters. The van der Waals surface area contributed by atoms with Crippen LogP contribution in [0.1, 0.15) is 52.8 Å². The summed E-state index contributed by atoms with van der Waals surface area (Å²) in [5.74, 6) is 1.63. The monoisotopic (exact) mass is 536 g/mol. The molecule has 206 valence electrons. The van der Waals surface area contributed by atoms with E-state index in [4.69, 9.17) is 4.98 Å². The molecule has 1 saturated carbocycles. The zero-order chi connectivity index (χ0) is 28.1. The number of pyridine rings is 1. The fraction of sp³-hybridized carbons (Fsp3) is 0.256. The van der Waals surface area contributed by atoms with Gasteiger partial charge in [0.05, 0.1) is 17.4 Å². The van der Waals surface area contributed by atoms with Crippen LogP contribution in [0.2, 0.25) is 0 Å². The van der Waals surface area contributed by atoms with Gasteiger partial charge in [0, 0.05) is 18.1 Å². The number of benzene rings is 4. The smallest absolute Gasteiger partial charge is 0.0938 e. The summed E-state index contributed by atoms with van der Waals surface area (Å²) in [6.45, 7) is 9.42. The predicted molar refractivity (Wildman–Crippen MR) is 175 cm³/mol. The van der Waals surface area contributed by atoms with Crippen molar-refractivity contribution >= 4 is 21.5 Å². The summed E-state index contributed by atoms with van der Waals surface area (Å²) in [4.78, 5) is 5.46. The van der Waals surface area contributed by atoms with E-state index in [-0.39, 0.29) is 12.9 Å². The summed E-state index contributed by atoms with van der Waals surface area (Å²) in [6, 6.07) is 37.0. The lowest BCUT2D eigenvalue weighted by Gasteiger charge is -2.35. The van der Waals surface area contributed by atoms with Crippen molar-refractivity contribution in [2.45, 2.75) is 40.2 Å². The molecular formula is C39H40N2. The lowest BCUT2D eigenvalue weighted by atomic mass is 9.78. The van der Waals surface area contributed by atoms with E-state index in [2.05, 4.69) is 148 Å². The Labute approximate surface area is 245 Å². The first-order valence-corrected chi connectivity index (χ1v) is 15.1. The Kier molecular flexibility index (Phi) is 6.31. The van der Waals surface area contributed by atoms with E-state index in [1.807, 2.05) is 0 Å². The highest BCUT2D eigenvalue weighted by Gasteiger charge is 2.59. The van der Waals surface area contributed by atoms with Crippen LogP contribution < -0.4 is 5.32 Å². The van der Waals surface area contributed by atoms with Crippen LogP contribution >= 0.6 is 0 Å². The largest absolute Gasteiger partial charge is 0.375 e. The molecule has 0 bridgehead atoms. The molecule has 2 aliphatic carbocycles. The van der Waals surface area contributed by atoms with Crippen molar-refractivity contribution in [1.29, 1.82) is 0 Å². The van der Waals surface area contributed by atoms with Crippen molar-refractivity contribution in [3.63, 3.8) is 0 Å². The Hall–Kier alpha value is -4.17. The van der Waals surface area contributed by atoms with Crippen LogP contribution in [0.5, 0.6) is 0 Å². The standard InChI is InChI=1S/C39H38N2.H2/c1-25(2)31-22-21-30-24-39(30,26(3)4)38(31)41-37(27-13-6-5-7-14-27)35-20-12-19-34(40-35)36-32-17-10-8-15-28(32)23-29-16-9-11-18-33(29)36;/h5-23,25-26,30,37,41H,24H2,1-4H3;1H. The van der Waals surface area contributed by atoms with Crippen molar-refractivity contribution < 1.29 is 1.43 Å². The zero-order valence-corrected chi connectivity index (χ0v) is 24.4. The van der Waals surface area contributed by atoms with Gasteiger partial charge in [-0.2, -0.15) is 0 Å². The Morgan fingerprint density at radius 3 is 2.10 bits per heavy atom. The molecule has 41 heavy (non-hydrogen) atoms. The van der Waals surface area contributed by atoms with E-state index < -0.39 is 0 Å². The highest BCUT2D eigenvalue weighted by atomic mass is 15.0. The first kappa shape index (κ1) is 25.8. The fourth-order valence-electron chi connectivity index (χ4n) is 7.21. The maximum Gasteiger partial charge on any atom is 0.0938 e. The summed E-state index contributed by atoms with van der Waals surface area (Å²) in [5, 5.41) is 9.11. The molecule has 7 rings (SSSR count). The summed E-state index contributed by atoms with van der Waals surface area (Å²) in [6.07, 6.45) is 6.07. The average Bonchev–Trinajstić information content (AvgIpc) is 3.76. The van der Waals surface area contributed by atoms with Crippen molar-refractivity contribution in [1.82, 2.24) is 10.3 Å². The number of nitrogens with zero attached hydrogens (tertiary/aromatic N) is 1. The SMILES string of the molecule is CC(C)C1=C(NC(c2ccccc2)c2cccc(-c3c4ccccc4cc4ccccc34)n2)C2(C(C)C)CC2C=C1.[HH]. The first-order valence-electron chi connectivity index (χ1n) is 15.1. The molecule has 0 radical (unpaired) electrons. The molecule has 2 nitrogen and oxygen atoms in total. The van der Waals surface area contributed by atoms with Gasteiger partial charge in [0.15, 0.2) is 0 Å². The number of hydrogen-bond donors (Lipinski definition) is 1. The van der Waals surface area contributed by atoms with Gasteiger partial charge in [0.2, 0.25) is 0 Å². The lowest BCUT2D eigenvalue weighted by Crippen LogP contribution is -2.34. The topological polar surface area (TPSA) is 24.9 Å². The van der Waals surface area contributed by atoms with Crippen LogP contribution in [-0.2, 0) is 0 Å². The molecule has 0 spiro atoms. The second-order valence-corrected chi connectivity index (χ2v) is 12.5. The number of allylic oxidation sites excluding steroid dienone is 4. The third kappa shape index (κ3) is 4.28. The number of nitrogens with one attached hydrogen (secondary N) is 1. The van der Waals surface area contributed by atoms with Gasteiger partial charge in [-0.1, -0.05) is 125 Å². The molecule has 1 heterocycles. The maximum atomic E-state index is 5.46. The van der Waals surface area contributed by atoms with E-state index in [1.54, 1.807) is 0 Å². The third-order valence-corrected chi connectivity index (χ3v) is 9.49. The van der Waals surface area contributed by atoms with Crippen molar-refractivity contribution in [2.75, 3.05) is 0 Å². The van der Waals surface area contributed by atoms with Gasteiger partial charge in [-0.25, -0.2) is 0 Å². The van der Waals surface area contributed by atoms with Gasteiger partial charge >= 0.3 is 0 Å². The summed E-state index contributed by atoms with van der Waals surface area (Å²) < 4.78 is 0. The lowest BCUT2D eigenvalue weighted by molar-refractivity contribution is 0.359. The molecule has 0 aliphatic heterocycles. The van der Waals surface area contributed by atoms with Gasteiger partial charge in [0.1, 0.15) is 0 Å². The molecule has 3 atom stereocenters. The van der Waals surface area contributed by atoms with Crippen LogP contribution in [0, 0.1) is 23.2 Å². The molecular weight excluding hydrogens is 496 g/mol. The highest BCUT2D eigenvalue weighted by molar-refractivity contribution is 6.12. The molecule has 1 fully saturated rings. The van der Waals surface area contributed by atoms with Gasteiger partial charge in [-0.15, -0.1) is 0 Å². The van der Waals surface area contributed by atoms with Gasteiger partial charge < -0.3 is 5.32 Å². The summed E-state index contributed by atoms with van der Waals surface area (Å²) >= 11 is 0. The molecule has 5 aromatic rings. The van der Waals surface area contributed by atoms with E-state index in [0.717, 1.165) is 11.4 Å². The Balaban J connectivity index is 0.00000316. The van der Waals surface area contributed by atoms with Crippen molar-refractivity contribution in [2.24, 2.45) is 23.2 Å². The van der Waals surface area contributed by atoms with Crippen LogP contribution in [0.25, 0.3) is 32.8 Å². The predicted octanol–water partition coefficient (Wildman–Crippen LogP) is 10.1. The molecule has 1 N–H and O–H groups in total. The van der Waals surface area contributed by atoms with E-state index in [1.165, 1.54) is 50.4 Å². The number of hydrogen-bond acceptors (Lipinski definition) is 2. The third-order valence-electron chi connectivity index (χ3n) is 9.49. The van der Waals surface area contributed by atoms with Crippen LogP contribution in [0.3, 0.4) is 0 Å². The van der Waals surface area contributed by atoms with Crippen LogP contribution in [0.15, 0.2) is 127 Å². The van der Waals surface area contributed by atoms with Gasteiger partial charge in [-0.05, 0) is 75.1 Å². The molecule has 0 saturated heterocycles. The zero-order valence-electron chi connectivity index (χ0n) is 24.4. The molecule has 1 aromatic heterocycles. The Morgan fingerprint density at radius 1 is 0.780 bits per heavy atom. The molecule has 4 aromatic carbocycles. The highest BCUT2D eigenvalue weighted by Crippen LogP contribution is 2.65. The van der Waals surface area contributed by atoms with Gasteiger partial charge in [-0.3, -0.25) is 4.98 Å². The fourth-order valence-corrected chi connectivity index (χ4v) is 7.21. The average molecular weight is 537 g/mol. The van der Waals surface area contributed by atoms with E-state index in [0.29, 0.717) is 17.8 Å². The number of aromatic nitrogens is 1. The van der Waals surface area contributed by atoms with Crippen LogP contribution in [0.4, 0.5) is 0 Å². The Morgan fingerprint density at radius 2 is 1.44 bits per heavy atom. The number of fused-ring (bicyclic) bond motifs is 3. The van der Waals surface area contributed by atoms with Crippen molar-refractivity contribution in [3.8, 4) is 11.3 Å². The summed E-state index contributed by atoms with van der Waals surface area (Å²) in [5.41, 5.74) is 7.55. The molecule has 2 aliphatic rings. The first-order chi connectivity index (χ1) is 20.0. The van der Waals surface area contributed by atoms with Gasteiger partial charge in [0.25, 0.3) is 0 Å².